The topological polar surface area (TPSA) is 63.5 Å². The maximum atomic E-state index is 12.3. The zero-order chi connectivity index (χ0) is 16.2. The molecule has 0 N–H and O–H groups in total. The molecule has 0 aliphatic carbocycles. The van der Waals surface area contributed by atoms with E-state index in [1.807, 2.05) is 53.0 Å². The Morgan fingerprint density at radius 2 is 2.13 bits per heavy atom. The summed E-state index contributed by atoms with van der Waals surface area (Å²) in [6.07, 6.45) is 7.86. The van der Waals surface area contributed by atoms with Crippen molar-refractivity contribution in [2.75, 3.05) is 32.1 Å². The zero-order valence-electron chi connectivity index (χ0n) is 13.4. The third-order valence-corrected chi connectivity index (χ3v) is 3.83. The van der Waals surface area contributed by atoms with Crippen molar-refractivity contribution in [3.63, 3.8) is 0 Å². The van der Waals surface area contributed by atoms with E-state index < -0.39 is 0 Å². The average Bonchev–Trinajstić information content (AvgIpc) is 3.19. The number of aromatic nitrogens is 3. The minimum atomic E-state index is -0.0321. The molecule has 1 aliphatic rings. The first kappa shape index (κ1) is 15.3. The molecule has 7 heteroatoms. The summed E-state index contributed by atoms with van der Waals surface area (Å²) in [5.74, 6) is 1.36. The minimum absolute atomic E-state index is 0.0321. The standard InChI is InChI=1S/C16H21N5O2/c1-19(2)14-9-17-10-15(18-14)23-13-5-8-21(11-13)16(22)12-20-6-3-4-7-20/h3-4,6-7,9-10,13H,5,8,11-12H2,1-2H3/t13-/m1/s1. The fourth-order valence-corrected chi connectivity index (χ4v) is 2.56. The lowest BCUT2D eigenvalue weighted by molar-refractivity contribution is -0.131. The highest BCUT2D eigenvalue weighted by atomic mass is 16.5. The SMILES string of the molecule is CN(C)c1cncc(O[C@@H]2CCN(C(=O)Cn3cccc3)C2)n1. The smallest absolute Gasteiger partial charge is 0.242 e. The Labute approximate surface area is 135 Å². The molecule has 3 rings (SSSR count). The minimum Gasteiger partial charge on any atom is -0.471 e. The molecule has 0 unspecified atom stereocenters. The van der Waals surface area contributed by atoms with Gasteiger partial charge in [0, 0.05) is 39.5 Å². The Morgan fingerprint density at radius 1 is 1.35 bits per heavy atom. The van der Waals surface area contributed by atoms with Crippen molar-refractivity contribution in [1.82, 2.24) is 19.4 Å². The van der Waals surface area contributed by atoms with Crippen molar-refractivity contribution in [2.24, 2.45) is 0 Å². The van der Waals surface area contributed by atoms with Crippen LogP contribution in [0.2, 0.25) is 0 Å². The van der Waals surface area contributed by atoms with Crippen LogP contribution in [0.15, 0.2) is 36.9 Å². The third-order valence-electron chi connectivity index (χ3n) is 3.83. The molecule has 1 aliphatic heterocycles. The Hall–Kier alpha value is -2.57. The lowest BCUT2D eigenvalue weighted by atomic mass is 10.3. The summed E-state index contributed by atoms with van der Waals surface area (Å²) in [7, 11) is 3.82. The summed E-state index contributed by atoms with van der Waals surface area (Å²) in [6.45, 7) is 1.68. The number of hydrogen-bond donors (Lipinski definition) is 0. The van der Waals surface area contributed by atoms with Crippen LogP contribution in [0.4, 0.5) is 5.82 Å². The molecule has 0 saturated carbocycles. The van der Waals surface area contributed by atoms with Gasteiger partial charge in [0.1, 0.15) is 12.6 Å². The van der Waals surface area contributed by atoms with Gasteiger partial charge in [-0.05, 0) is 12.1 Å². The third kappa shape index (κ3) is 3.80. The van der Waals surface area contributed by atoms with Crippen LogP contribution < -0.4 is 9.64 Å². The van der Waals surface area contributed by atoms with Crippen molar-refractivity contribution in [1.29, 1.82) is 0 Å². The van der Waals surface area contributed by atoms with Gasteiger partial charge in [0.05, 0.1) is 18.9 Å². The average molecular weight is 315 g/mol. The molecular weight excluding hydrogens is 294 g/mol. The van der Waals surface area contributed by atoms with Crippen molar-refractivity contribution in [2.45, 2.75) is 19.1 Å². The maximum Gasteiger partial charge on any atom is 0.242 e. The number of anilines is 1. The molecule has 1 amide bonds. The van der Waals surface area contributed by atoms with Crippen LogP contribution in [0, 0.1) is 0 Å². The van der Waals surface area contributed by atoms with Gasteiger partial charge in [0.2, 0.25) is 11.8 Å². The van der Waals surface area contributed by atoms with Gasteiger partial charge >= 0.3 is 0 Å². The first-order chi connectivity index (χ1) is 11.1. The normalized spacial score (nSPS) is 17.3. The number of rotatable bonds is 5. The number of nitrogens with zero attached hydrogens (tertiary/aromatic N) is 5. The Balaban J connectivity index is 1.55. The van der Waals surface area contributed by atoms with Crippen LogP contribution >= 0.6 is 0 Å². The van der Waals surface area contributed by atoms with Crippen LogP contribution in [-0.2, 0) is 11.3 Å². The highest BCUT2D eigenvalue weighted by Gasteiger charge is 2.28. The van der Waals surface area contributed by atoms with Gasteiger partial charge in [-0.25, -0.2) is 0 Å². The molecule has 1 atom stereocenters. The van der Waals surface area contributed by atoms with E-state index in [9.17, 15) is 4.79 Å². The zero-order valence-corrected chi connectivity index (χ0v) is 13.4. The molecule has 122 valence electrons. The monoisotopic (exact) mass is 315 g/mol. The molecule has 3 heterocycles. The van der Waals surface area contributed by atoms with Crippen LogP contribution in [-0.4, -0.2) is 58.6 Å². The summed E-state index contributed by atoms with van der Waals surface area (Å²) in [4.78, 5) is 24.5. The molecule has 0 bridgehead atoms. The largest absolute Gasteiger partial charge is 0.471 e. The van der Waals surface area contributed by atoms with Gasteiger partial charge < -0.3 is 19.1 Å². The molecule has 7 nitrogen and oxygen atoms in total. The predicted octanol–water partition coefficient (Wildman–Crippen LogP) is 1.02. The Morgan fingerprint density at radius 3 is 2.87 bits per heavy atom. The summed E-state index contributed by atoms with van der Waals surface area (Å²) >= 11 is 0. The van der Waals surface area contributed by atoms with Gasteiger partial charge in [0.15, 0.2) is 5.82 Å². The second-order valence-electron chi connectivity index (χ2n) is 5.83. The van der Waals surface area contributed by atoms with Gasteiger partial charge in [0.25, 0.3) is 0 Å². The summed E-state index contributed by atoms with van der Waals surface area (Å²) < 4.78 is 7.76. The van der Waals surface area contributed by atoms with Crippen molar-refractivity contribution < 1.29 is 9.53 Å². The lowest BCUT2D eigenvalue weighted by Crippen LogP contribution is -2.33. The molecular formula is C16H21N5O2. The number of likely N-dealkylation sites (tertiary alicyclic amines) is 1. The molecule has 2 aromatic rings. The molecule has 0 spiro atoms. The molecule has 1 fully saturated rings. The maximum absolute atomic E-state index is 12.3. The number of amides is 1. The van der Waals surface area contributed by atoms with Crippen LogP contribution in [0.25, 0.3) is 0 Å². The van der Waals surface area contributed by atoms with Crippen LogP contribution in [0.5, 0.6) is 5.88 Å². The summed E-state index contributed by atoms with van der Waals surface area (Å²) in [5.41, 5.74) is 0. The second kappa shape index (κ2) is 6.68. The fourth-order valence-electron chi connectivity index (χ4n) is 2.56. The fraction of sp³-hybridized carbons (Fsp3) is 0.438. The lowest BCUT2D eigenvalue weighted by Gasteiger charge is -2.18. The molecule has 1 saturated heterocycles. The molecule has 2 aromatic heterocycles. The van der Waals surface area contributed by atoms with E-state index >= 15 is 0 Å². The van der Waals surface area contributed by atoms with Crippen LogP contribution in [0.3, 0.4) is 0 Å². The number of ether oxygens (including phenoxy) is 1. The Bertz CT molecular complexity index is 656. The molecule has 0 aromatic carbocycles. The second-order valence-corrected chi connectivity index (χ2v) is 5.83. The van der Waals surface area contributed by atoms with Gasteiger partial charge in [-0.1, -0.05) is 0 Å². The Kier molecular flexibility index (Phi) is 4.45. The predicted molar refractivity (Wildman–Crippen MR) is 86.4 cm³/mol. The van der Waals surface area contributed by atoms with E-state index in [0.717, 1.165) is 12.2 Å². The van der Waals surface area contributed by atoms with E-state index in [1.54, 1.807) is 12.4 Å². The first-order valence-corrected chi connectivity index (χ1v) is 7.66. The number of hydrogen-bond acceptors (Lipinski definition) is 5. The van der Waals surface area contributed by atoms with Gasteiger partial charge in [-0.2, -0.15) is 4.98 Å². The highest BCUT2D eigenvalue weighted by Crippen LogP contribution is 2.18. The van der Waals surface area contributed by atoms with E-state index in [2.05, 4.69) is 9.97 Å². The van der Waals surface area contributed by atoms with E-state index in [-0.39, 0.29) is 12.0 Å². The van der Waals surface area contributed by atoms with E-state index in [1.165, 1.54) is 0 Å². The number of carbonyl (C=O) groups excluding carboxylic acids is 1. The first-order valence-electron chi connectivity index (χ1n) is 7.66. The van der Waals surface area contributed by atoms with E-state index in [4.69, 9.17) is 4.74 Å². The van der Waals surface area contributed by atoms with Crippen molar-refractivity contribution in [3.05, 3.63) is 36.9 Å². The van der Waals surface area contributed by atoms with Gasteiger partial charge in [-0.3, -0.25) is 9.78 Å². The van der Waals surface area contributed by atoms with Gasteiger partial charge in [-0.15, -0.1) is 0 Å². The molecule has 23 heavy (non-hydrogen) atoms. The van der Waals surface area contributed by atoms with E-state index in [0.29, 0.717) is 25.5 Å². The highest BCUT2D eigenvalue weighted by molar-refractivity contribution is 5.76. The van der Waals surface area contributed by atoms with Crippen molar-refractivity contribution >= 4 is 11.7 Å². The van der Waals surface area contributed by atoms with Crippen molar-refractivity contribution in [3.8, 4) is 5.88 Å². The summed E-state index contributed by atoms with van der Waals surface area (Å²) in [5, 5.41) is 0. The summed E-state index contributed by atoms with van der Waals surface area (Å²) in [6, 6.07) is 3.83. The number of carbonyl (C=O) groups is 1. The van der Waals surface area contributed by atoms with Crippen LogP contribution in [0.1, 0.15) is 6.42 Å². The molecule has 0 radical (unpaired) electrons. The quantitative estimate of drug-likeness (QED) is 0.824.